The van der Waals surface area contributed by atoms with Gasteiger partial charge in [-0.25, -0.2) is 14.3 Å². The Hall–Kier alpha value is -3.23. The number of amides is 1. The minimum atomic E-state index is -0.199. The monoisotopic (exact) mass is 408 g/mol. The lowest BCUT2D eigenvalue weighted by Crippen LogP contribution is -2.49. The summed E-state index contributed by atoms with van der Waals surface area (Å²) in [4.78, 5) is 26.9. The van der Waals surface area contributed by atoms with E-state index in [0.717, 1.165) is 49.8 Å². The zero-order chi connectivity index (χ0) is 20.3. The summed E-state index contributed by atoms with van der Waals surface area (Å²) in [6.07, 6.45) is 13.8. The molecule has 3 aromatic rings. The summed E-state index contributed by atoms with van der Waals surface area (Å²) < 4.78 is 13.3. The highest BCUT2D eigenvalue weighted by Gasteiger charge is 2.44. The Kier molecular flexibility index (Phi) is 5.17. The van der Waals surface area contributed by atoms with E-state index in [-0.39, 0.29) is 24.3 Å². The first-order valence-electron chi connectivity index (χ1n) is 10.4. The Labute approximate surface area is 174 Å². The van der Waals surface area contributed by atoms with Crippen LogP contribution in [-0.4, -0.2) is 60.4 Å². The Morgan fingerprint density at radius 3 is 2.73 bits per heavy atom. The quantitative estimate of drug-likeness (QED) is 0.579. The van der Waals surface area contributed by atoms with E-state index in [1.165, 1.54) is 6.33 Å². The molecule has 5 rings (SSSR count). The summed E-state index contributed by atoms with van der Waals surface area (Å²) in [6.45, 7) is 0.390. The molecule has 0 radical (unpaired) electrons. The number of fused-ring (bicyclic) bond motifs is 3. The molecule has 2 fully saturated rings. The van der Waals surface area contributed by atoms with Crippen molar-refractivity contribution >= 4 is 11.9 Å². The second-order valence-electron chi connectivity index (χ2n) is 7.87. The lowest BCUT2D eigenvalue weighted by atomic mass is 10.0. The summed E-state index contributed by atoms with van der Waals surface area (Å²) in [6, 6.07) is 4.14. The fraction of sp³-hybridized carbons (Fsp3) is 0.476. The molecule has 3 aromatic heterocycles. The third kappa shape index (κ3) is 3.92. The highest BCUT2D eigenvalue weighted by molar-refractivity contribution is 5.69. The van der Waals surface area contributed by atoms with Gasteiger partial charge in [-0.05, 0) is 43.4 Å². The number of nitrogens with zero attached hydrogens (tertiary/aromatic N) is 6. The van der Waals surface area contributed by atoms with E-state index in [4.69, 9.17) is 9.47 Å². The van der Waals surface area contributed by atoms with Gasteiger partial charge >= 0.3 is 6.09 Å². The molecule has 2 atom stereocenters. The number of ether oxygens (including phenoxy) is 2. The molecular weight excluding hydrogens is 384 g/mol. The van der Waals surface area contributed by atoms with Gasteiger partial charge in [0.25, 0.3) is 5.78 Å². The van der Waals surface area contributed by atoms with Gasteiger partial charge in [-0.2, -0.15) is 10.1 Å². The van der Waals surface area contributed by atoms with E-state index < -0.39 is 0 Å². The molecule has 2 aliphatic heterocycles. The molecule has 9 heteroatoms. The summed E-state index contributed by atoms with van der Waals surface area (Å²) in [7, 11) is 0. The highest BCUT2D eigenvalue weighted by Crippen LogP contribution is 2.37. The van der Waals surface area contributed by atoms with E-state index in [1.54, 1.807) is 23.1 Å². The Bertz CT molecular complexity index is 996. The second-order valence-corrected chi connectivity index (χ2v) is 7.87. The van der Waals surface area contributed by atoms with Crippen molar-refractivity contribution in [1.29, 1.82) is 0 Å². The minimum Gasteiger partial charge on any atom is -0.490 e. The topological polar surface area (TPSA) is 94.7 Å². The molecule has 0 saturated carbocycles. The van der Waals surface area contributed by atoms with Crippen LogP contribution in [0.2, 0.25) is 0 Å². The van der Waals surface area contributed by atoms with E-state index in [2.05, 4.69) is 20.1 Å². The lowest BCUT2D eigenvalue weighted by Gasteiger charge is -2.38. The average Bonchev–Trinajstić information content (AvgIpc) is 3.33. The average molecular weight is 408 g/mol. The van der Waals surface area contributed by atoms with Crippen molar-refractivity contribution in [3.05, 3.63) is 48.8 Å². The van der Waals surface area contributed by atoms with Gasteiger partial charge in [0.1, 0.15) is 18.2 Å². The van der Waals surface area contributed by atoms with Crippen molar-refractivity contribution in [2.45, 2.75) is 56.7 Å². The van der Waals surface area contributed by atoms with Gasteiger partial charge in [0.2, 0.25) is 0 Å². The predicted molar refractivity (Wildman–Crippen MR) is 107 cm³/mol. The molecule has 1 amide bonds. The SMILES string of the molecule is O=C(OCCCc1cnc2ncnn2c1)N1C2CCC1CC(Oc1ccncc1)C2. The second kappa shape index (κ2) is 8.25. The van der Waals surface area contributed by atoms with Crippen LogP contribution in [0, 0.1) is 0 Å². The van der Waals surface area contributed by atoms with E-state index in [1.807, 2.05) is 23.2 Å². The van der Waals surface area contributed by atoms with Crippen molar-refractivity contribution in [3.8, 4) is 5.75 Å². The van der Waals surface area contributed by atoms with Crippen molar-refractivity contribution in [2.75, 3.05) is 6.61 Å². The van der Waals surface area contributed by atoms with Crippen LogP contribution < -0.4 is 4.74 Å². The molecule has 0 aliphatic carbocycles. The smallest absolute Gasteiger partial charge is 0.410 e. The molecule has 0 aromatic carbocycles. The largest absolute Gasteiger partial charge is 0.490 e. The molecule has 0 spiro atoms. The van der Waals surface area contributed by atoms with E-state index in [0.29, 0.717) is 12.4 Å². The van der Waals surface area contributed by atoms with E-state index in [9.17, 15) is 4.79 Å². The van der Waals surface area contributed by atoms with E-state index >= 15 is 0 Å². The predicted octanol–water partition coefficient (Wildman–Crippen LogP) is 2.66. The Balaban J connectivity index is 1.10. The molecule has 2 unspecified atom stereocenters. The number of aromatic nitrogens is 5. The third-order valence-electron chi connectivity index (χ3n) is 5.88. The minimum absolute atomic E-state index is 0.133. The molecule has 9 nitrogen and oxygen atoms in total. The number of rotatable bonds is 6. The number of carbonyl (C=O) groups excluding carboxylic acids is 1. The Morgan fingerprint density at radius 2 is 1.93 bits per heavy atom. The maximum Gasteiger partial charge on any atom is 0.410 e. The van der Waals surface area contributed by atoms with Crippen LogP contribution >= 0.6 is 0 Å². The molecule has 30 heavy (non-hydrogen) atoms. The van der Waals surface area contributed by atoms with Gasteiger partial charge in [-0.15, -0.1) is 0 Å². The summed E-state index contributed by atoms with van der Waals surface area (Å²) >= 11 is 0. The van der Waals surface area contributed by atoms with Crippen molar-refractivity contribution in [3.63, 3.8) is 0 Å². The first-order chi connectivity index (χ1) is 14.8. The van der Waals surface area contributed by atoms with Crippen molar-refractivity contribution in [2.24, 2.45) is 0 Å². The van der Waals surface area contributed by atoms with Crippen LogP contribution in [0.5, 0.6) is 5.75 Å². The first-order valence-corrected chi connectivity index (χ1v) is 10.4. The molecule has 156 valence electrons. The zero-order valence-electron chi connectivity index (χ0n) is 16.6. The van der Waals surface area contributed by atoms with Crippen LogP contribution in [0.4, 0.5) is 4.79 Å². The van der Waals surface area contributed by atoms with Gasteiger partial charge in [0.05, 0.1) is 6.61 Å². The molecular formula is C21H24N6O3. The number of carbonyl (C=O) groups is 1. The van der Waals surface area contributed by atoms with Crippen LogP contribution in [0.15, 0.2) is 43.2 Å². The Morgan fingerprint density at radius 1 is 1.13 bits per heavy atom. The molecule has 5 heterocycles. The van der Waals surface area contributed by atoms with Crippen LogP contribution in [0.25, 0.3) is 5.78 Å². The van der Waals surface area contributed by atoms with Crippen molar-refractivity contribution in [1.82, 2.24) is 29.5 Å². The molecule has 0 N–H and O–H groups in total. The summed E-state index contributed by atoms with van der Waals surface area (Å²) in [5.74, 6) is 1.42. The third-order valence-corrected chi connectivity index (χ3v) is 5.88. The fourth-order valence-electron chi connectivity index (χ4n) is 4.53. The number of pyridine rings is 1. The standard InChI is InChI=1S/C21H24N6O3/c28-21(29-9-1-2-15-12-23-20-24-14-25-26(20)13-15)27-16-3-4-17(27)11-19(10-16)30-18-5-7-22-8-6-18/h5-8,12-14,16-17,19H,1-4,9-11H2. The number of piperidine rings is 1. The van der Waals surface area contributed by atoms with Gasteiger partial charge in [-0.3, -0.25) is 4.98 Å². The zero-order valence-corrected chi connectivity index (χ0v) is 16.6. The number of hydrogen-bond acceptors (Lipinski definition) is 7. The molecule has 2 aliphatic rings. The van der Waals surface area contributed by atoms with Gasteiger partial charge in [0.15, 0.2) is 0 Å². The molecule has 2 saturated heterocycles. The van der Waals surface area contributed by atoms with Gasteiger partial charge < -0.3 is 14.4 Å². The summed E-state index contributed by atoms with van der Waals surface area (Å²) in [5, 5.41) is 4.09. The van der Waals surface area contributed by atoms with Crippen molar-refractivity contribution < 1.29 is 14.3 Å². The normalized spacial score (nSPS) is 22.9. The first kappa shape index (κ1) is 18.8. The maximum atomic E-state index is 12.7. The highest BCUT2D eigenvalue weighted by atomic mass is 16.6. The van der Waals surface area contributed by atoms with Crippen LogP contribution in [0.1, 0.15) is 37.7 Å². The summed E-state index contributed by atoms with van der Waals surface area (Å²) in [5.41, 5.74) is 1.04. The molecule has 2 bridgehead atoms. The van der Waals surface area contributed by atoms with Gasteiger partial charge in [0, 0.05) is 49.7 Å². The van der Waals surface area contributed by atoms with Crippen LogP contribution in [-0.2, 0) is 11.2 Å². The van der Waals surface area contributed by atoms with Crippen LogP contribution in [0.3, 0.4) is 0 Å². The lowest BCUT2D eigenvalue weighted by molar-refractivity contribution is 0.0330. The van der Waals surface area contributed by atoms with Gasteiger partial charge in [-0.1, -0.05) is 0 Å². The number of hydrogen-bond donors (Lipinski definition) is 0. The fourth-order valence-corrected chi connectivity index (χ4v) is 4.53. The maximum absolute atomic E-state index is 12.7. The number of aryl methyl sites for hydroxylation is 1.